The Morgan fingerprint density at radius 1 is 1.18 bits per heavy atom. The van der Waals surface area contributed by atoms with Gasteiger partial charge in [-0.2, -0.15) is 0 Å². The molecular formula is C21H15BrN2O3S. The number of ketones is 1. The van der Waals surface area contributed by atoms with Crippen molar-refractivity contribution in [1.29, 1.82) is 0 Å². The van der Waals surface area contributed by atoms with Gasteiger partial charge < -0.3 is 4.74 Å². The van der Waals surface area contributed by atoms with E-state index in [-0.39, 0.29) is 12.4 Å². The molecule has 0 unspecified atom stereocenters. The zero-order chi connectivity index (χ0) is 19.7. The summed E-state index contributed by atoms with van der Waals surface area (Å²) in [6.07, 6.45) is 1.58. The molecule has 0 aliphatic rings. The molecule has 28 heavy (non-hydrogen) atoms. The summed E-state index contributed by atoms with van der Waals surface area (Å²) < 4.78 is 7.73. The summed E-state index contributed by atoms with van der Waals surface area (Å²) in [6.45, 7) is 2.01. The fraction of sp³-hybridized carbons (Fsp3) is 0.0952. The van der Waals surface area contributed by atoms with Gasteiger partial charge in [-0.25, -0.2) is 9.78 Å². The number of carbonyl (C=O) groups excluding carboxylic acids is 2. The lowest BCUT2D eigenvalue weighted by Gasteiger charge is -2.05. The lowest BCUT2D eigenvalue weighted by molar-refractivity contribution is 0.0529. The molecule has 4 rings (SSSR count). The zero-order valence-electron chi connectivity index (χ0n) is 14.9. The van der Waals surface area contributed by atoms with Crippen molar-refractivity contribution >= 4 is 44.5 Å². The van der Waals surface area contributed by atoms with Crippen molar-refractivity contribution in [2.24, 2.45) is 0 Å². The Bertz CT molecular complexity index is 1160. The molecule has 0 aliphatic carbocycles. The van der Waals surface area contributed by atoms with Gasteiger partial charge in [-0.1, -0.05) is 22.0 Å². The predicted molar refractivity (Wildman–Crippen MR) is 112 cm³/mol. The Hall–Kier alpha value is -2.77. The second-order valence-electron chi connectivity index (χ2n) is 6.01. The van der Waals surface area contributed by atoms with Crippen LogP contribution in [0.15, 0.2) is 64.7 Å². The highest BCUT2D eigenvalue weighted by molar-refractivity contribution is 9.10. The Balaban J connectivity index is 1.88. The third kappa shape index (κ3) is 3.39. The fourth-order valence-electron chi connectivity index (χ4n) is 2.95. The molecular weight excluding hydrogens is 440 g/mol. The van der Waals surface area contributed by atoms with E-state index in [9.17, 15) is 9.59 Å². The van der Waals surface area contributed by atoms with Crippen molar-refractivity contribution in [1.82, 2.24) is 9.38 Å². The molecule has 0 N–H and O–H groups in total. The molecule has 5 nitrogen and oxygen atoms in total. The van der Waals surface area contributed by atoms with E-state index in [0.717, 1.165) is 15.0 Å². The average Bonchev–Trinajstić information content (AvgIpc) is 3.36. The first-order valence-electron chi connectivity index (χ1n) is 8.61. The lowest BCUT2D eigenvalue weighted by atomic mass is 10.1. The number of nitrogens with zero attached hydrogens (tertiary/aromatic N) is 2. The van der Waals surface area contributed by atoms with Crippen molar-refractivity contribution in [3.05, 3.63) is 81.5 Å². The first-order chi connectivity index (χ1) is 13.6. The van der Waals surface area contributed by atoms with Crippen LogP contribution >= 0.6 is 27.3 Å². The molecule has 3 aromatic heterocycles. The normalized spacial score (nSPS) is 10.9. The predicted octanol–water partition coefficient (Wildman–Crippen LogP) is 5.23. The van der Waals surface area contributed by atoms with Crippen LogP contribution in [0.1, 0.15) is 33.3 Å². The monoisotopic (exact) mass is 454 g/mol. The average molecular weight is 455 g/mol. The molecule has 140 valence electrons. The van der Waals surface area contributed by atoms with Gasteiger partial charge in [0.2, 0.25) is 5.78 Å². The van der Waals surface area contributed by atoms with E-state index in [1.807, 2.05) is 35.7 Å². The summed E-state index contributed by atoms with van der Waals surface area (Å²) >= 11 is 4.93. The van der Waals surface area contributed by atoms with Crippen LogP contribution in [0.3, 0.4) is 0 Å². The Labute approximate surface area is 173 Å². The number of ether oxygens (including phenoxy) is 1. The smallest absolute Gasteiger partial charge is 0.340 e. The van der Waals surface area contributed by atoms with Crippen molar-refractivity contribution < 1.29 is 14.3 Å². The molecule has 7 heteroatoms. The number of hydrogen-bond donors (Lipinski definition) is 0. The molecule has 0 atom stereocenters. The van der Waals surface area contributed by atoms with Gasteiger partial charge in [0, 0.05) is 10.0 Å². The molecule has 4 aromatic rings. The van der Waals surface area contributed by atoms with Crippen molar-refractivity contribution in [3.8, 4) is 10.6 Å². The maximum Gasteiger partial charge on any atom is 0.340 e. The lowest BCUT2D eigenvalue weighted by Crippen LogP contribution is -2.05. The van der Waals surface area contributed by atoms with E-state index in [1.165, 1.54) is 0 Å². The van der Waals surface area contributed by atoms with Gasteiger partial charge in [-0.15, -0.1) is 11.3 Å². The Morgan fingerprint density at radius 3 is 2.64 bits per heavy atom. The number of fused-ring (bicyclic) bond motifs is 1. The highest BCUT2D eigenvalue weighted by Gasteiger charge is 2.22. The minimum absolute atomic E-state index is 0.191. The molecule has 0 aliphatic heterocycles. The largest absolute Gasteiger partial charge is 0.462 e. The quantitative estimate of drug-likeness (QED) is 0.305. The number of thiophene rings is 1. The molecule has 0 saturated carbocycles. The van der Waals surface area contributed by atoms with Gasteiger partial charge in [-0.3, -0.25) is 9.20 Å². The summed E-state index contributed by atoms with van der Waals surface area (Å²) in [7, 11) is 0. The third-order valence-electron chi connectivity index (χ3n) is 4.27. The van der Waals surface area contributed by atoms with Crippen LogP contribution in [-0.4, -0.2) is 27.7 Å². The van der Waals surface area contributed by atoms with Crippen LogP contribution in [0, 0.1) is 0 Å². The number of aromatic nitrogens is 2. The summed E-state index contributed by atoms with van der Waals surface area (Å²) in [6, 6.07) is 14.4. The Morgan fingerprint density at radius 2 is 1.96 bits per heavy atom. The van der Waals surface area contributed by atoms with E-state index in [2.05, 4.69) is 20.9 Å². The fourth-order valence-corrected chi connectivity index (χ4v) is 3.91. The topological polar surface area (TPSA) is 60.7 Å². The minimum atomic E-state index is -0.460. The Kier molecular flexibility index (Phi) is 5.11. The molecule has 0 spiro atoms. The maximum atomic E-state index is 13.1. The number of benzene rings is 1. The second-order valence-corrected chi connectivity index (χ2v) is 7.87. The van der Waals surface area contributed by atoms with E-state index in [4.69, 9.17) is 4.74 Å². The molecule has 0 bridgehead atoms. The summed E-state index contributed by atoms with van der Waals surface area (Å²) in [5.74, 6) is -0.651. The van der Waals surface area contributed by atoms with Crippen LogP contribution in [-0.2, 0) is 4.74 Å². The number of hydrogen-bond acceptors (Lipinski definition) is 5. The van der Waals surface area contributed by atoms with Crippen molar-refractivity contribution in [2.45, 2.75) is 6.92 Å². The van der Waals surface area contributed by atoms with Crippen molar-refractivity contribution in [3.63, 3.8) is 0 Å². The van der Waals surface area contributed by atoms with Crippen LogP contribution in [0.5, 0.6) is 0 Å². The summed E-state index contributed by atoms with van der Waals surface area (Å²) in [5, 5.41) is 1.97. The van der Waals surface area contributed by atoms with Crippen LogP contribution in [0.4, 0.5) is 0 Å². The third-order valence-corrected chi connectivity index (χ3v) is 5.69. The van der Waals surface area contributed by atoms with Gasteiger partial charge in [0.25, 0.3) is 0 Å². The van der Waals surface area contributed by atoms with E-state index in [0.29, 0.717) is 22.3 Å². The van der Waals surface area contributed by atoms with E-state index >= 15 is 0 Å². The SMILES string of the molecule is CCOC(=O)c1cc(C(=O)c2ccc(Br)cc2)n2cnc(-c3cccs3)cc12. The molecule has 0 fully saturated rings. The first-order valence-corrected chi connectivity index (χ1v) is 10.3. The van der Waals surface area contributed by atoms with E-state index < -0.39 is 5.97 Å². The van der Waals surface area contributed by atoms with Crippen LogP contribution in [0.2, 0.25) is 0 Å². The number of halogens is 1. The zero-order valence-corrected chi connectivity index (χ0v) is 17.3. The molecule has 0 saturated heterocycles. The summed E-state index contributed by atoms with van der Waals surface area (Å²) in [5.41, 5.74) is 2.58. The van der Waals surface area contributed by atoms with Gasteiger partial charge >= 0.3 is 5.97 Å². The van der Waals surface area contributed by atoms with Crippen LogP contribution < -0.4 is 0 Å². The van der Waals surface area contributed by atoms with E-state index in [1.54, 1.807) is 47.2 Å². The highest BCUT2D eigenvalue weighted by Crippen LogP contribution is 2.27. The van der Waals surface area contributed by atoms with Gasteiger partial charge in [0.15, 0.2) is 0 Å². The van der Waals surface area contributed by atoms with Gasteiger partial charge in [0.1, 0.15) is 6.33 Å². The molecule has 0 amide bonds. The van der Waals surface area contributed by atoms with Crippen molar-refractivity contribution in [2.75, 3.05) is 6.61 Å². The standard InChI is InChI=1S/C21H15BrN2O3S/c1-2-27-21(26)15-10-18(20(25)13-5-7-14(22)8-6-13)24-12-23-16(11-17(15)24)19-4-3-9-28-19/h3-12H,2H2,1H3. The van der Waals surface area contributed by atoms with Gasteiger partial charge in [0.05, 0.1) is 34.0 Å². The first kappa shape index (κ1) is 18.6. The minimum Gasteiger partial charge on any atom is -0.462 e. The highest BCUT2D eigenvalue weighted by atomic mass is 79.9. The van der Waals surface area contributed by atoms with Gasteiger partial charge in [-0.05, 0) is 54.8 Å². The summed E-state index contributed by atoms with van der Waals surface area (Å²) in [4.78, 5) is 31.0. The maximum absolute atomic E-state index is 13.1. The molecule has 0 radical (unpaired) electrons. The van der Waals surface area contributed by atoms with Crippen LogP contribution in [0.25, 0.3) is 16.1 Å². The molecule has 3 heterocycles. The molecule has 1 aromatic carbocycles. The number of esters is 1. The second kappa shape index (κ2) is 7.69. The number of rotatable bonds is 5. The number of carbonyl (C=O) groups is 2.